The summed E-state index contributed by atoms with van der Waals surface area (Å²) in [4.78, 5) is 42.3. The number of para-hydroxylation sites is 1. The maximum atomic E-state index is 12.5. The number of carbonyl (C=O) groups excluding carboxylic acids is 3. The standard InChI is InChI=1S/C21H18N6O3S3/c28-17(13-31-20-26-25-19(33-20)24-15-6-2-1-3-7-15)23-9-10-27-18(29)16(32-21(27)30)11-14-5-4-8-22-12-14/h1-8,11-12H,9-10,13H2,(H,23,28)(H,24,25)/b16-11+. The van der Waals surface area contributed by atoms with Crippen LogP contribution >= 0.6 is 34.9 Å². The summed E-state index contributed by atoms with van der Waals surface area (Å²) in [7, 11) is 0. The van der Waals surface area contributed by atoms with E-state index in [4.69, 9.17) is 0 Å². The Morgan fingerprint density at radius 2 is 1.97 bits per heavy atom. The number of hydrogen-bond acceptors (Lipinski definition) is 10. The molecule has 1 saturated heterocycles. The van der Waals surface area contributed by atoms with Gasteiger partial charge in [0.1, 0.15) is 0 Å². The summed E-state index contributed by atoms with van der Waals surface area (Å²) in [6.45, 7) is 0.282. The van der Waals surface area contributed by atoms with E-state index < -0.39 is 0 Å². The zero-order valence-electron chi connectivity index (χ0n) is 17.1. The summed E-state index contributed by atoms with van der Waals surface area (Å²) in [5.74, 6) is -0.432. The molecule has 9 nitrogen and oxygen atoms in total. The van der Waals surface area contributed by atoms with Gasteiger partial charge in [-0.1, -0.05) is 47.4 Å². The molecule has 0 radical (unpaired) electrons. The summed E-state index contributed by atoms with van der Waals surface area (Å²) >= 11 is 3.51. The topological polar surface area (TPSA) is 117 Å². The number of pyridine rings is 1. The predicted octanol–water partition coefficient (Wildman–Crippen LogP) is 3.62. The molecule has 3 aromatic rings. The van der Waals surface area contributed by atoms with Crippen molar-refractivity contribution in [1.82, 2.24) is 25.4 Å². The highest BCUT2D eigenvalue weighted by Crippen LogP contribution is 2.32. The zero-order valence-corrected chi connectivity index (χ0v) is 19.6. The fourth-order valence-electron chi connectivity index (χ4n) is 2.75. The van der Waals surface area contributed by atoms with Gasteiger partial charge in [0.25, 0.3) is 11.1 Å². The molecule has 1 aromatic carbocycles. The molecule has 0 saturated carbocycles. The molecule has 1 aliphatic rings. The van der Waals surface area contributed by atoms with Crippen molar-refractivity contribution in [1.29, 1.82) is 0 Å². The first-order valence-electron chi connectivity index (χ1n) is 9.79. The van der Waals surface area contributed by atoms with Gasteiger partial charge in [0.2, 0.25) is 11.0 Å². The number of anilines is 2. The van der Waals surface area contributed by atoms with Crippen LogP contribution in [0.4, 0.5) is 15.6 Å². The molecular weight excluding hydrogens is 480 g/mol. The molecule has 0 unspecified atom stereocenters. The molecular formula is C21H18N6O3S3. The van der Waals surface area contributed by atoms with Gasteiger partial charge < -0.3 is 10.6 Å². The Morgan fingerprint density at radius 1 is 1.12 bits per heavy atom. The number of amides is 3. The summed E-state index contributed by atoms with van der Waals surface area (Å²) in [5, 5.41) is 14.3. The fraction of sp³-hybridized carbons (Fsp3) is 0.143. The van der Waals surface area contributed by atoms with Crippen LogP contribution in [0.5, 0.6) is 0 Å². The van der Waals surface area contributed by atoms with E-state index in [0.29, 0.717) is 14.4 Å². The largest absolute Gasteiger partial charge is 0.354 e. The van der Waals surface area contributed by atoms with Crippen LogP contribution in [0.3, 0.4) is 0 Å². The van der Waals surface area contributed by atoms with Crippen molar-refractivity contribution < 1.29 is 14.4 Å². The Labute approximate surface area is 202 Å². The van der Waals surface area contributed by atoms with Crippen molar-refractivity contribution in [3.8, 4) is 0 Å². The number of carbonyl (C=O) groups is 3. The molecule has 3 heterocycles. The smallest absolute Gasteiger partial charge is 0.293 e. The molecule has 168 valence electrons. The van der Waals surface area contributed by atoms with Crippen molar-refractivity contribution in [2.75, 3.05) is 24.2 Å². The number of aromatic nitrogens is 3. The minimum absolute atomic E-state index is 0.107. The van der Waals surface area contributed by atoms with Crippen molar-refractivity contribution in [3.05, 3.63) is 65.3 Å². The van der Waals surface area contributed by atoms with E-state index in [1.807, 2.05) is 30.3 Å². The first-order chi connectivity index (χ1) is 16.1. The van der Waals surface area contributed by atoms with Gasteiger partial charge in [-0.05, 0) is 41.6 Å². The second kappa shape index (κ2) is 11.1. The second-order valence-electron chi connectivity index (χ2n) is 6.62. The molecule has 1 aliphatic heterocycles. The van der Waals surface area contributed by atoms with E-state index >= 15 is 0 Å². The molecule has 2 aromatic heterocycles. The third-order valence-electron chi connectivity index (χ3n) is 4.27. The molecule has 1 fully saturated rings. The summed E-state index contributed by atoms with van der Waals surface area (Å²) in [5.41, 5.74) is 1.65. The minimum Gasteiger partial charge on any atom is -0.354 e. The molecule has 3 amide bonds. The molecule has 0 spiro atoms. The Morgan fingerprint density at radius 3 is 2.76 bits per heavy atom. The fourth-order valence-corrected chi connectivity index (χ4v) is 5.22. The molecule has 0 bridgehead atoms. The zero-order chi connectivity index (χ0) is 23.0. The van der Waals surface area contributed by atoms with E-state index in [-0.39, 0.29) is 35.9 Å². The van der Waals surface area contributed by atoms with Crippen molar-refractivity contribution in [2.45, 2.75) is 4.34 Å². The van der Waals surface area contributed by atoms with E-state index in [0.717, 1.165) is 27.9 Å². The number of hydrogen-bond donors (Lipinski definition) is 2. The summed E-state index contributed by atoms with van der Waals surface area (Å²) < 4.78 is 0.662. The number of nitrogens with zero attached hydrogens (tertiary/aromatic N) is 4. The van der Waals surface area contributed by atoms with Crippen LogP contribution in [0.1, 0.15) is 5.56 Å². The van der Waals surface area contributed by atoms with Crippen LogP contribution in [0.2, 0.25) is 0 Å². The Kier molecular flexibility index (Phi) is 7.70. The van der Waals surface area contributed by atoms with E-state index in [2.05, 4.69) is 25.8 Å². The highest BCUT2D eigenvalue weighted by Gasteiger charge is 2.34. The number of benzene rings is 1. The van der Waals surface area contributed by atoms with Crippen molar-refractivity contribution >= 4 is 68.8 Å². The molecule has 0 aliphatic carbocycles. The third kappa shape index (κ3) is 6.40. The lowest BCUT2D eigenvalue weighted by Crippen LogP contribution is -2.37. The van der Waals surface area contributed by atoms with Gasteiger partial charge in [0, 0.05) is 31.2 Å². The normalized spacial score (nSPS) is 14.7. The highest BCUT2D eigenvalue weighted by atomic mass is 32.2. The van der Waals surface area contributed by atoms with Gasteiger partial charge in [0.15, 0.2) is 4.34 Å². The Bertz CT molecular complexity index is 1170. The monoisotopic (exact) mass is 498 g/mol. The lowest BCUT2D eigenvalue weighted by Gasteiger charge is -2.12. The third-order valence-corrected chi connectivity index (χ3v) is 7.15. The van der Waals surface area contributed by atoms with E-state index in [1.54, 1.807) is 30.6 Å². The van der Waals surface area contributed by atoms with Gasteiger partial charge in [-0.3, -0.25) is 24.3 Å². The van der Waals surface area contributed by atoms with Crippen LogP contribution in [-0.2, 0) is 9.59 Å². The average molecular weight is 499 g/mol. The van der Waals surface area contributed by atoms with Crippen LogP contribution in [0, 0.1) is 0 Å². The number of thioether (sulfide) groups is 2. The van der Waals surface area contributed by atoms with Gasteiger partial charge in [-0.25, -0.2) is 0 Å². The van der Waals surface area contributed by atoms with Crippen LogP contribution in [0.25, 0.3) is 6.08 Å². The molecule has 2 N–H and O–H groups in total. The van der Waals surface area contributed by atoms with Crippen molar-refractivity contribution in [2.24, 2.45) is 0 Å². The van der Waals surface area contributed by atoms with Crippen LogP contribution in [0.15, 0.2) is 64.1 Å². The second-order valence-corrected chi connectivity index (χ2v) is 9.82. The highest BCUT2D eigenvalue weighted by molar-refractivity contribution is 8.18. The Hall–Kier alpha value is -3.22. The molecule has 33 heavy (non-hydrogen) atoms. The molecule has 12 heteroatoms. The first kappa shape index (κ1) is 23.0. The minimum atomic E-state index is -0.371. The van der Waals surface area contributed by atoms with Crippen LogP contribution < -0.4 is 10.6 Å². The number of imide groups is 1. The molecule has 0 atom stereocenters. The van der Waals surface area contributed by atoms with Gasteiger partial charge >= 0.3 is 0 Å². The van der Waals surface area contributed by atoms with Crippen LogP contribution in [-0.4, -0.2) is 56.0 Å². The lowest BCUT2D eigenvalue weighted by atomic mass is 10.2. The predicted molar refractivity (Wildman–Crippen MR) is 130 cm³/mol. The number of rotatable bonds is 9. The van der Waals surface area contributed by atoms with E-state index in [9.17, 15) is 14.4 Å². The summed E-state index contributed by atoms with van der Waals surface area (Å²) in [6, 6.07) is 13.2. The lowest BCUT2D eigenvalue weighted by molar-refractivity contribution is -0.123. The first-order valence-corrected chi connectivity index (χ1v) is 12.4. The van der Waals surface area contributed by atoms with E-state index in [1.165, 1.54) is 23.1 Å². The van der Waals surface area contributed by atoms with Gasteiger partial charge in [-0.2, -0.15) is 0 Å². The van der Waals surface area contributed by atoms with Gasteiger partial charge in [-0.15, -0.1) is 10.2 Å². The summed E-state index contributed by atoms with van der Waals surface area (Å²) in [6.07, 6.45) is 4.89. The van der Waals surface area contributed by atoms with Crippen molar-refractivity contribution in [3.63, 3.8) is 0 Å². The molecule has 4 rings (SSSR count). The maximum Gasteiger partial charge on any atom is 0.293 e. The quantitative estimate of drug-likeness (QED) is 0.337. The maximum absolute atomic E-state index is 12.5. The van der Waals surface area contributed by atoms with Gasteiger partial charge in [0.05, 0.1) is 10.7 Å². The SMILES string of the molecule is O=C(CSc1nnc(Nc2ccccc2)s1)NCCN1C(=O)S/C(=C/c2cccnc2)C1=O. The average Bonchev–Trinajstić information content (AvgIpc) is 3.38. The number of nitrogens with one attached hydrogen (secondary N) is 2. The Balaban J connectivity index is 1.20.